The molecule has 1 fully saturated rings. The van der Waals surface area contributed by atoms with Crippen LogP contribution in [0.4, 0.5) is 5.82 Å². The SMILES string of the molecule is CCCNc1ccc(C(=O)N2CC(OC)C(OC)C2)cn1. The maximum atomic E-state index is 12.4. The number of amides is 1. The van der Waals surface area contributed by atoms with Gasteiger partial charge in [-0.1, -0.05) is 6.92 Å². The zero-order valence-corrected chi connectivity index (χ0v) is 12.8. The highest BCUT2D eigenvalue weighted by molar-refractivity contribution is 5.94. The van der Waals surface area contributed by atoms with Crippen molar-refractivity contribution in [3.05, 3.63) is 23.9 Å². The second kappa shape index (κ2) is 7.38. The molecule has 2 heterocycles. The van der Waals surface area contributed by atoms with E-state index in [0.29, 0.717) is 18.7 Å². The summed E-state index contributed by atoms with van der Waals surface area (Å²) < 4.78 is 10.7. The Morgan fingerprint density at radius 2 is 2.00 bits per heavy atom. The van der Waals surface area contributed by atoms with Gasteiger partial charge >= 0.3 is 0 Å². The molecule has 0 aliphatic carbocycles. The minimum atomic E-state index is -0.0718. The molecule has 1 aliphatic rings. The van der Waals surface area contributed by atoms with E-state index in [0.717, 1.165) is 18.8 Å². The van der Waals surface area contributed by atoms with Gasteiger partial charge in [0, 0.05) is 40.1 Å². The number of rotatable bonds is 6. The van der Waals surface area contributed by atoms with Gasteiger partial charge in [-0.25, -0.2) is 4.98 Å². The summed E-state index contributed by atoms with van der Waals surface area (Å²) in [5.41, 5.74) is 0.587. The third-order valence-electron chi connectivity index (χ3n) is 3.67. The van der Waals surface area contributed by atoms with E-state index < -0.39 is 0 Å². The van der Waals surface area contributed by atoms with E-state index in [2.05, 4.69) is 17.2 Å². The van der Waals surface area contributed by atoms with Crippen molar-refractivity contribution in [3.63, 3.8) is 0 Å². The van der Waals surface area contributed by atoms with Crippen LogP contribution in [-0.4, -0.2) is 61.9 Å². The smallest absolute Gasteiger partial charge is 0.255 e. The van der Waals surface area contributed by atoms with E-state index >= 15 is 0 Å². The highest BCUT2D eigenvalue weighted by Crippen LogP contribution is 2.18. The molecule has 116 valence electrons. The van der Waals surface area contributed by atoms with E-state index in [4.69, 9.17) is 9.47 Å². The van der Waals surface area contributed by atoms with Crippen molar-refractivity contribution in [3.8, 4) is 0 Å². The highest BCUT2D eigenvalue weighted by Gasteiger charge is 2.35. The van der Waals surface area contributed by atoms with Crippen LogP contribution in [-0.2, 0) is 9.47 Å². The number of nitrogens with one attached hydrogen (secondary N) is 1. The van der Waals surface area contributed by atoms with Crippen LogP contribution in [0, 0.1) is 0 Å². The van der Waals surface area contributed by atoms with Crippen molar-refractivity contribution in [2.24, 2.45) is 0 Å². The van der Waals surface area contributed by atoms with Gasteiger partial charge in [0.2, 0.25) is 0 Å². The fraction of sp³-hybridized carbons (Fsp3) is 0.600. The standard InChI is InChI=1S/C15H23N3O3/c1-4-7-16-14-6-5-11(8-17-14)15(19)18-9-12(20-2)13(10-18)21-3/h5-6,8,12-13H,4,7,9-10H2,1-3H3,(H,16,17). The Labute approximate surface area is 125 Å². The summed E-state index contributed by atoms with van der Waals surface area (Å²) in [6.07, 6.45) is 2.50. The monoisotopic (exact) mass is 293 g/mol. The zero-order valence-electron chi connectivity index (χ0n) is 12.8. The normalized spacial score (nSPS) is 21.6. The molecular weight excluding hydrogens is 270 g/mol. The molecule has 1 aromatic rings. The highest BCUT2D eigenvalue weighted by atomic mass is 16.5. The molecule has 1 aromatic heterocycles. The number of hydrogen-bond donors (Lipinski definition) is 1. The number of ether oxygens (including phenoxy) is 2. The summed E-state index contributed by atoms with van der Waals surface area (Å²) in [5.74, 6) is 0.755. The quantitative estimate of drug-likeness (QED) is 0.858. The maximum absolute atomic E-state index is 12.4. The average Bonchev–Trinajstić information content (AvgIpc) is 2.96. The molecule has 1 saturated heterocycles. The number of anilines is 1. The minimum Gasteiger partial charge on any atom is -0.377 e. The molecule has 0 saturated carbocycles. The summed E-state index contributed by atoms with van der Waals surface area (Å²) in [6, 6.07) is 3.63. The van der Waals surface area contributed by atoms with Gasteiger partial charge in [0.15, 0.2) is 0 Å². The van der Waals surface area contributed by atoms with Crippen molar-refractivity contribution in [2.45, 2.75) is 25.6 Å². The van der Waals surface area contributed by atoms with Crippen molar-refractivity contribution < 1.29 is 14.3 Å². The van der Waals surface area contributed by atoms with E-state index in [-0.39, 0.29) is 18.1 Å². The molecule has 2 rings (SSSR count). The Hall–Kier alpha value is -1.66. The summed E-state index contributed by atoms with van der Waals surface area (Å²) in [6.45, 7) is 4.06. The van der Waals surface area contributed by atoms with Crippen LogP contribution in [0.25, 0.3) is 0 Å². The minimum absolute atomic E-state index is 0.0360. The van der Waals surface area contributed by atoms with Crippen LogP contribution in [0.3, 0.4) is 0 Å². The third-order valence-corrected chi connectivity index (χ3v) is 3.67. The second-order valence-electron chi connectivity index (χ2n) is 5.12. The van der Waals surface area contributed by atoms with Crippen LogP contribution in [0.15, 0.2) is 18.3 Å². The summed E-state index contributed by atoms with van der Waals surface area (Å²) in [4.78, 5) is 18.5. The molecular formula is C15H23N3O3. The van der Waals surface area contributed by atoms with E-state index in [1.54, 1.807) is 31.4 Å². The third kappa shape index (κ3) is 3.71. The number of pyridine rings is 1. The van der Waals surface area contributed by atoms with Crippen molar-refractivity contribution >= 4 is 11.7 Å². The van der Waals surface area contributed by atoms with Gasteiger partial charge in [0.25, 0.3) is 5.91 Å². The van der Waals surface area contributed by atoms with E-state index in [1.165, 1.54) is 0 Å². The number of carbonyl (C=O) groups excluding carboxylic acids is 1. The summed E-state index contributed by atoms with van der Waals surface area (Å²) >= 11 is 0. The predicted octanol–water partition coefficient (Wildman–Crippen LogP) is 1.39. The van der Waals surface area contributed by atoms with E-state index in [9.17, 15) is 4.79 Å². The lowest BCUT2D eigenvalue weighted by atomic mass is 10.2. The molecule has 0 bridgehead atoms. The first-order chi connectivity index (χ1) is 10.2. The predicted molar refractivity (Wildman–Crippen MR) is 80.5 cm³/mol. The summed E-state index contributed by atoms with van der Waals surface area (Å²) in [7, 11) is 3.28. The van der Waals surface area contributed by atoms with Gasteiger partial charge in [-0.3, -0.25) is 4.79 Å². The first-order valence-corrected chi connectivity index (χ1v) is 7.24. The second-order valence-corrected chi connectivity index (χ2v) is 5.12. The molecule has 2 atom stereocenters. The van der Waals surface area contributed by atoms with Crippen LogP contribution < -0.4 is 5.32 Å². The van der Waals surface area contributed by atoms with Crippen molar-refractivity contribution in [1.82, 2.24) is 9.88 Å². The topological polar surface area (TPSA) is 63.7 Å². The van der Waals surface area contributed by atoms with Gasteiger partial charge in [-0.2, -0.15) is 0 Å². The number of nitrogens with zero attached hydrogens (tertiary/aromatic N) is 2. The zero-order chi connectivity index (χ0) is 15.2. The Bertz CT molecular complexity index is 452. The fourth-order valence-electron chi connectivity index (χ4n) is 2.42. The average molecular weight is 293 g/mol. The van der Waals surface area contributed by atoms with Gasteiger partial charge in [-0.15, -0.1) is 0 Å². The molecule has 0 radical (unpaired) electrons. The molecule has 1 aliphatic heterocycles. The van der Waals surface area contributed by atoms with Crippen molar-refractivity contribution in [2.75, 3.05) is 39.2 Å². The Morgan fingerprint density at radius 1 is 1.33 bits per heavy atom. The molecule has 2 unspecified atom stereocenters. The van der Waals surface area contributed by atoms with Gasteiger partial charge in [0.1, 0.15) is 18.0 Å². The van der Waals surface area contributed by atoms with Crippen LogP contribution in [0.5, 0.6) is 0 Å². The van der Waals surface area contributed by atoms with Crippen LogP contribution in [0.2, 0.25) is 0 Å². The first-order valence-electron chi connectivity index (χ1n) is 7.24. The van der Waals surface area contributed by atoms with Crippen LogP contribution in [0.1, 0.15) is 23.7 Å². The lowest BCUT2D eigenvalue weighted by Crippen LogP contribution is -2.30. The Morgan fingerprint density at radius 3 is 2.48 bits per heavy atom. The number of methoxy groups -OCH3 is 2. The molecule has 0 aromatic carbocycles. The Kier molecular flexibility index (Phi) is 5.52. The van der Waals surface area contributed by atoms with Gasteiger partial charge < -0.3 is 19.7 Å². The fourth-order valence-corrected chi connectivity index (χ4v) is 2.42. The van der Waals surface area contributed by atoms with Gasteiger partial charge in [-0.05, 0) is 18.6 Å². The summed E-state index contributed by atoms with van der Waals surface area (Å²) in [5, 5.41) is 3.19. The molecule has 21 heavy (non-hydrogen) atoms. The molecule has 6 nitrogen and oxygen atoms in total. The lowest BCUT2D eigenvalue weighted by Gasteiger charge is -2.15. The lowest BCUT2D eigenvalue weighted by molar-refractivity contribution is -0.00461. The maximum Gasteiger partial charge on any atom is 0.255 e. The number of aromatic nitrogens is 1. The number of hydrogen-bond acceptors (Lipinski definition) is 5. The molecule has 6 heteroatoms. The number of likely N-dealkylation sites (tertiary alicyclic amines) is 1. The Balaban J connectivity index is 2.00. The largest absolute Gasteiger partial charge is 0.377 e. The number of carbonyl (C=O) groups is 1. The molecule has 1 N–H and O–H groups in total. The van der Waals surface area contributed by atoms with Gasteiger partial charge in [0.05, 0.1) is 5.56 Å². The van der Waals surface area contributed by atoms with Crippen molar-refractivity contribution in [1.29, 1.82) is 0 Å². The molecule has 1 amide bonds. The first kappa shape index (κ1) is 15.7. The molecule has 0 spiro atoms. The van der Waals surface area contributed by atoms with Crippen LogP contribution >= 0.6 is 0 Å². The van der Waals surface area contributed by atoms with E-state index in [1.807, 2.05) is 6.07 Å².